The van der Waals surface area contributed by atoms with Gasteiger partial charge in [-0.3, -0.25) is 0 Å². The van der Waals surface area contributed by atoms with Crippen molar-refractivity contribution in [2.45, 2.75) is 19.3 Å². The van der Waals surface area contributed by atoms with Gasteiger partial charge in [-0.05, 0) is 105 Å². The quantitative estimate of drug-likeness (QED) is 0.170. The van der Waals surface area contributed by atoms with Crippen molar-refractivity contribution < 1.29 is 0 Å². The van der Waals surface area contributed by atoms with Crippen LogP contribution in [0.15, 0.2) is 194 Å². The van der Waals surface area contributed by atoms with Crippen LogP contribution in [-0.4, -0.2) is 4.57 Å². The van der Waals surface area contributed by atoms with Crippen molar-refractivity contribution in [3.8, 4) is 27.9 Å². The minimum absolute atomic E-state index is 0.248. The Kier molecular flexibility index (Phi) is 7.18. The van der Waals surface area contributed by atoms with E-state index < -0.39 is 0 Å². The van der Waals surface area contributed by atoms with Gasteiger partial charge in [0.25, 0.3) is 0 Å². The fourth-order valence-electron chi connectivity index (χ4n) is 9.92. The maximum Gasteiger partial charge on any atom is 0.0702 e. The first-order valence-electron chi connectivity index (χ1n) is 20.1. The van der Waals surface area contributed by atoms with E-state index in [1.165, 1.54) is 91.8 Å². The summed E-state index contributed by atoms with van der Waals surface area (Å²) in [7, 11) is 0. The highest BCUT2D eigenvalue weighted by molar-refractivity contribution is 7.26. The van der Waals surface area contributed by atoms with Gasteiger partial charge >= 0.3 is 0 Å². The average Bonchev–Trinajstić information content (AvgIpc) is 3.89. The monoisotopic (exact) mass is 758 g/mol. The number of thiophene rings is 1. The number of aromatic nitrogens is 1. The van der Waals surface area contributed by atoms with Gasteiger partial charge in [0.05, 0.1) is 28.1 Å². The van der Waals surface area contributed by atoms with Gasteiger partial charge in [-0.1, -0.05) is 147 Å². The van der Waals surface area contributed by atoms with Crippen molar-refractivity contribution in [1.82, 2.24) is 4.57 Å². The highest BCUT2D eigenvalue weighted by Gasteiger charge is 2.39. The highest BCUT2D eigenvalue weighted by atomic mass is 32.1. The zero-order valence-electron chi connectivity index (χ0n) is 32.3. The molecule has 0 fully saturated rings. The lowest BCUT2D eigenvalue weighted by atomic mass is 9.80. The SMILES string of the molecule is CC1(C)c2cc3ccccc3cc2-c2cccc(N(c3ccc(-c4cccc5c4sc4ccccc45)cc3)c3ccccc3-n3c4ccccc4c4ccccc43)c21. The molecule has 58 heavy (non-hydrogen) atoms. The number of benzene rings is 9. The summed E-state index contributed by atoms with van der Waals surface area (Å²) in [6.45, 7) is 4.81. The summed E-state index contributed by atoms with van der Waals surface area (Å²) in [5, 5.41) is 7.70. The van der Waals surface area contributed by atoms with Gasteiger partial charge in [-0.25, -0.2) is 0 Å². The topological polar surface area (TPSA) is 8.17 Å². The summed E-state index contributed by atoms with van der Waals surface area (Å²) >= 11 is 1.88. The third kappa shape index (κ3) is 4.77. The fraction of sp³-hybridized carbons (Fsp3) is 0.0545. The van der Waals surface area contributed by atoms with E-state index in [-0.39, 0.29) is 5.41 Å². The van der Waals surface area contributed by atoms with Crippen LogP contribution >= 0.6 is 11.3 Å². The van der Waals surface area contributed by atoms with Crippen LogP contribution in [0, 0.1) is 0 Å². The van der Waals surface area contributed by atoms with Crippen LogP contribution in [0.1, 0.15) is 25.0 Å². The van der Waals surface area contributed by atoms with Gasteiger partial charge in [-0.15, -0.1) is 11.3 Å². The van der Waals surface area contributed by atoms with Gasteiger partial charge in [0.2, 0.25) is 0 Å². The van der Waals surface area contributed by atoms with Gasteiger partial charge in [-0.2, -0.15) is 0 Å². The molecule has 12 rings (SSSR count). The Morgan fingerprint density at radius 2 is 1.05 bits per heavy atom. The van der Waals surface area contributed by atoms with E-state index in [1.54, 1.807) is 0 Å². The van der Waals surface area contributed by atoms with E-state index in [4.69, 9.17) is 0 Å². The largest absolute Gasteiger partial charge is 0.308 e. The molecule has 2 aromatic heterocycles. The molecule has 1 aliphatic carbocycles. The van der Waals surface area contributed by atoms with Gasteiger partial charge < -0.3 is 9.47 Å². The molecule has 3 heteroatoms. The maximum atomic E-state index is 2.52. The van der Waals surface area contributed by atoms with E-state index in [0.29, 0.717) is 0 Å². The lowest BCUT2D eigenvalue weighted by molar-refractivity contribution is 0.661. The molecule has 0 bridgehead atoms. The Hall–Kier alpha value is -6.94. The summed E-state index contributed by atoms with van der Waals surface area (Å²) in [5.41, 5.74) is 14.5. The van der Waals surface area contributed by atoms with Gasteiger partial charge in [0.1, 0.15) is 0 Å². The minimum Gasteiger partial charge on any atom is -0.308 e. The fourth-order valence-corrected chi connectivity index (χ4v) is 11.2. The molecule has 0 N–H and O–H groups in total. The Balaban J connectivity index is 1.11. The molecular formula is C55H38N2S. The van der Waals surface area contributed by atoms with Crippen LogP contribution in [-0.2, 0) is 5.41 Å². The van der Waals surface area contributed by atoms with Crippen LogP contribution in [0.5, 0.6) is 0 Å². The van der Waals surface area contributed by atoms with E-state index in [2.05, 4.69) is 217 Å². The van der Waals surface area contributed by atoms with Crippen molar-refractivity contribution in [2.24, 2.45) is 0 Å². The first-order valence-corrected chi connectivity index (χ1v) is 20.9. The molecular weight excluding hydrogens is 721 g/mol. The predicted octanol–water partition coefficient (Wildman–Crippen LogP) is 15.7. The van der Waals surface area contributed by atoms with Crippen LogP contribution in [0.3, 0.4) is 0 Å². The third-order valence-corrected chi connectivity index (χ3v) is 13.8. The van der Waals surface area contributed by atoms with E-state index >= 15 is 0 Å². The molecule has 0 saturated heterocycles. The zero-order chi connectivity index (χ0) is 38.5. The average molecular weight is 759 g/mol. The molecule has 0 aliphatic heterocycles. The summed E-state index contributed by atoms with van der Waals surface area (Å²) in [6.07, 6.45) is 0. The molecule has 0 atom stereocenters. The van der Waals surface area contributed by atoms with Crippen molar-refractivity contribution in [3.05, 3.63) is 205 Å². The Bertz CT molecular complexity index is 3380. The molecule has 0 radical (unpaired) electrons. The van der Waals surface area contributed by atoms with Crippen molar-refractivity contribution >= 4 is 81.1 Å². The van der Waals surface area contributed by atoms with E-state index in [1.807, 2.05) is 11.3 Å². The number of fused-ring (bicyclic) bond motifs is 10. The molecule has 0 spiro atoms. The Morgan fingerprint density at radius 3 is 1.83 bits per heavy atom. The number of hydrogen-bond acceptors (Lipinski definition) is 2. The third-order valence-electron chi connectivity index (χ3n) is 12.5. The summed E-state index contributed by atoms with van der Waals surface area (Å²) in [5.74, 6) is 0. The molecule has 2 nitrogen and oxygen atoms in total. The van der Waals surface area contributed by atoms with Crippen molar-refractivity contribution in [1.29, 1.82) is 0 Å². The normalized spacial score (nSPS) is 13.1. The van der Waals surface area contributed by atoms with Crippen molar-refractivity contribution in [3.63, 3.8) is 0 Å². The molecule has 1 aliphatic rings. The first kappa shape index (κ1) is 33.2. The number of rotatable bonds is 5. The second kappa shape index (κ2) is 12.5. The molecule has 0 amide bonds. The summed E-state index contributed by atoms with van der Waals surface area (Å²) in [4.78, 5) is 2.52. The van der Waals surface area contributed by atoms with Crippen molar-refractivity contribution in [2.75, 3.05) is 4.90 Å². The summed E-state index contributed by atoms with van der Waals surface area (Å²) in [6, 6.07) is 71.9. The lowest BCUT2D eigenvalue weighted by Gasteiger charge is -2.33. The molecule has 11 aromatic rings. The van der Waals surface area contributed by atoms with Gasteiger partial charge in [0.15, 0.2) is 0 Å². The molecule has 9 aromatic carbocycles. The lowest BCUT2D eigenvalue weighted by Crippen LogP contribution is -2.21. The number of nitrogens with zero attached hydrogens (tertiary/aromatic N) is 2. The molecule has 2 heterocycles. The number of para-hydroxylation sites is 4. The molecule has 0 unspecified atom stereocenters. The standard InChI is InChI=1S/C55H38N2S/c1-55(2)46-34-37-16-4-3-15-36(37)33-45(46)43-21-14-27-51(53(43)55)56(38-31-29-35(30-32-38)39-20-13-22-44-42-19-7-12-28-52(42)58-54(39)44)49-25-10-11-26-50(49)57-47-23-8-5-17-40(47)41-18-6-9-24-48(41)57/h3-34H,1-2H3. The minimum atomic E-state index is -0.248. The number of anilines is 3. The van der Waals surface area contributed by atoms with Crippen LogP contribution in [0.4, 0.5) is 17.1 Å². The zero-order valence-corrected chi connectivity index (χ0v) is 33.1. The number of hydrogen-bond donors (Lipinski definition) is 0. The molecule has 274 valence electrons. The summed E-state index contributed by atoms with van der Waals surface area (Å²) < 4.78 is 5.11. The van der Waals surface area contributed by atoms with Crippen LogP contribution in [0.2, 0.25) is 0 Å². The Labute approximate surface area is 341 Å². The second-order valence-electron chi connectivity index (χ2n) is 16.1. The first-order chi connectivity index (χ1) is 28.5. The predicted molar refractivity (Wildman–Crippen MR) is 249 cm³/mol. The smallest absolute Gasteiger partial charge is 0.0702 e. The van der Waals surface area contributed by atoms with E-state index in [0.717, 1.165) is 17.1 Å². The second-order valence-corrected chi connectivity index (χ2v) is 17.1. The van der Waals surface area contributed by atoms with E-state index in [9.17, 15) is 0 Å². The van der Waals surface area contributed by atoms with Crippen LogP contribution in [0.25, 0.3) is 80.7 Å². The Morgan fingerprint density at radius 1 is 0.466 bits per heavy atom. The highest BCUT2D eigenvalue weighted by Crippen LogP contribution is 2.56. The van der Waals surface area contributed by atoms with Crippen LogP contribution < -0.4 is 4.90 Å². The van der Waals surface area contributed by atoms with Gasteiger partial charge in [0, 0.05) is 42.0 Å². The maximum absolute atomic E-state index is 2.52. The molecule has 0 saturated carbocycles.